The van der Waals surface area contributed by atoms with Crippen molar-refractivity contribution in [3.05, 3.63) is 30.1 Å². The highest BCUT2D eigenvalue weighted by Gasteiger charge is 2.26. The van der Waals surface area contributed by atoms with Gasteiger partial charge in [0.15, 0.2) is 0 Å². The van der Waals surface area contributed by atoms with Gasteiger partial charge in [-0.2, -0.15) is 0 Å². The zero-order chi connectivity index (χ0) is 12.7. The molecule has 4 heteroatoms. The zero-order valence-corrected chi connectivity index (χ0v) is 10.3. The van der Waals surface area contributed by atoms with Crippen LogP contribution in [0.5, 0.6) is 0 Å². The van der Waals surface area contributed by atoms with E-state index >= 15 is 0 Å². The fraction of sp³-hybridized carbons (Fsp3) is 0.429. The Morgan fingerprint density at radius 2 is 2.28 bits per heavy atom. The monoisotopic (exact) mass is 244 g/mol. The first-order valence-electron chi connectivity index (χ1n) is 6.36. The van der Waals surface area contributed by atoms with Gasteiger partial charge in [-0.25, -0.2) is 9.78 Å². The van der Waals surface area contributed by atoms with E-state index in [4.69, 9.17) is 5.11 Å². The van der Waals surface area contributed by atoms with Crippen LogP contribution in [0.15, 0.2) is 24.5 Å². The molecule has 1 N–H and O–H groups in total. The molecule has 0 bridgehead atoms. The largest absolute Gasteiger partial charge is 0.478 e. The fourth-order valence-corrected chi connectivity index (χ4v) is 2.96. The van der Waals surface area contributed by atoms with Crippen molar-refractivity contribution in [3.63, 3.8) is 0 Å². The first-order chi connectivity index (χ1) is 8.66. The minimum Gasteiger partial charge on any atom is -0.478 e. The summed E-state index contributed by atoms with van der Waals surface area (Å²) in [6, 6.07) is 5.59. The van der Waals surface area contributed by atoms with Crippen molar-refractivity contribution in [2.24, 2.45) is 5.92 Å². The highest BCUT2D eigenvalue weighted by atomic mass is 16.4. The Hall–Kier alpha value is -1.84. The molecule has 94 valence electrons. The van der Waals surface area contributed by atoms with Crippen LogP contribution >= 0.6 is 0 Å². The molecule has 1 fully saturated rings. The minimum absolute atomic E-state index is 0.329. The maximum atomic E-state index is 11.0. The van der Waals surface area contributed by atoms with Gasteiger partial charge in [0.25, 0.3) is 0 Å². The summed E-state index contributed by atoms with van der Waals surface area (Å²) in [5.74, 6) is -0.250. The van der Waals surface area contributed by atoms with Crippen LogP contribution in [0.4, 0.5) is 0 Å². The van der Waals surface area contributed by atoms with Crippen LogP contribution in [0.25, 0.3) is 11.0 Å². The Morgan fingerprint density at radius 3 is 2.94 bits per heavy atom. The molecule has 1 aliphatic rings. The predicted octanol–water partition coefficient (Wildman–Crippen LogP) is 3.10. The van der Waals surface area contributed by atoms with E-state index in [0.717, 1.165) is 17.5 Å². The van der Waals surface area contributed by atoms with Crippen molar-refractivity contribution >= 4 is 17.0 Å². The highest BCUT2D eigenvalue weighted by molar-refractivity contribution is 5.92. The lowest BCUT2D eigenvalue weighted by Gasteiger charge is -2.18. The molecule has 2 aromatic rings. The third-order valence-corrected chi connectivity index (χ3v) is 4.00. The van der Waals surface area contributed by atoms with Gasteiger partial charge in [0, 0.05) is 6.04 Å². The Kier molecular flexibility index (Phi) is 2.58. The summed E-state index contributed by atoms with van der Waals surface area (Å²) < 4.78 is 2.15. The number of benzene rings is 1. The molecule has 0 amide bonds. The van der Waals surface area contributed by atoms with Gasteiger partial charge in [-0.1, -0.05) is 13.3 Å². The molecule has 18 heavy (non-hydrogen) atoms. The lowest BCUT2D eigenvalue weighted by atomic mass is 10.1. The Morgan fingerprint density at radius 1 is 1.44 bits per heavy atom. The number of hydrogen-bond donors (Lipinski definition) is 1. The molecule has 1 heterocycles. The van der Waals surface area contributed by atoms with Gasteiger partial charge in [-0.05, 0) is 37.0 Å². The van der Waals surface area contributed by atoms with Gasteiger partial charge in [-0.3, -0.25) is 0 Å². The number of aromatic nitrogens is 2. The zero-order valence-electron chi connectivity index (χ0n) is 10.3. The van der Waals surface area contributed by atoms with Crippen LogP contribution in [0.1, 0.15) is 42.6 Å². The minimum atomic E-state index is -0.885. The van der Waals surface area contributed by atoms with Crippen LogP contribution in [-0.4, -0.2) is 20.6 Å². The van der Waals surface area contributed by atoms with Crippen LogP contribution in [-0.2, 0) is 0 Å². The normalized spacial score (nSPS) is 23.6. The first kappa shape index (κ1) is 11.3. The third kappa shape index (κ3) is 1.68. The van der Waals surface area contributed by atoms with Crippen LogP contribution in [0.3, 0.4) is 0 Å². The third-order valence-electron chi connectivity index (χ3n) is 4.00. The number of rotatable bonds is 2. The van der Waals surface area contributed by atoms with E-state index in [2.05, 4.69) is 16.5 Å². The first-order valence-corrected chi connectivity index (χ1v) is 6.36. The summed E-state index contributed by atoms with van der Waals surface area (Å²) in [4.78, 5) is 15.4. The molecular formula is C14H16N2O2. The summed E-state index contributed by atoms with van der Waals surface area (Å²) >= 11 is 0. The lowest BCUT2D eigenvalue weighted by Crippen LogP contribution is -2.10. The van der Waals surface area contributed by atoms with Crippen LogP contribution in [0.2, 0.25) is 0 Å². The molecule has 0 saturated heterocycles. The number of imidazole rings is 1. The Bertz CT molecular complexity index is 603. The molecule has 1 aromatic heterocycles. The number of carboxylic acids is 1. The van der Waals surface area contributed by atoms with Crippen LogP contribution in [0, 0.1) is 5.92 Å². The van der Waals surface area contributed by atoms with Crippen LogP contribution < -0.4 is 0 Å². The average Bonchev–Trinajstić information content (AvgIpc) is 2.93. The standard InChI is InChI=1S/C14H16N2O2/c1-9-3-2-4-12(9)16-8-15-11-6-5-10(14(17)18)7-13(11)16/h5-9,12H,2-4H2,1H3,(H,17,18). The molecule has 1 aromatic carbocycles. The van der Waals surface area contributed by atoms with Crippen molar-refractivity contribution < 1.29 is 9.90 Å². The second-order valence-electron chi connectivity index (χ2n) is 5.14. The van der Waals surface area contributed by atoms with E-state index in [1.54, 1.807) is 18.2 Å². The maximum Gasteiger partial charge on any atom is 0.335 e. The van der Waals surface area contributed by atoms with Crippen molar-refractivity contribution in [2.75, 3.05) is 0 Å². The fourth-order valence-electron chi connectivity index (χ4n) is 2.96. The van der Waals surface area contributed by atoms with E-state index in [1.807, 2.05) is 6.33 Å². The summed E-state index contributed by atoms with van der Waals surface area (Å²) in [6.07, 6.45) is 5.49. The smallest absolute Gasteiger partial charge is 0.335 e. The quantitative estimate of drug-likeness (QED) is 0.883. The highest BCUT2D eigenvalue weighted by Crippen LogP contribution is 2.37. The number of carbonyl (C=O) groups is 1. The van der Waals surface area contributed by atoms with Gasteiger partial charge >= 0.3 is 5.97 Å². The van der Waals surface area contributed by atoms with Crippen molar-refractivity contribution in [1.82, 2.24) is 9.55 Å². The van der Waals surface area contributed by atoms with Crippen molar-refractivity contribution in [1.29, 1.82) is 0 Å². The molecule has 1 aliphatic carbocycles. The second kappa shape index (κ2) is 4.12. The van der Waals surface area contributed by atoms with Gasteiger partial charge in [0.2, 0.25) is 0 Å². The molecule has 0 spiro atoms. The summed E-state index contributed by atoms with van der Waals surface area (Å²) in [7, 11) is 0. The van der Waals surface area contributed by atoms with E-state index in [9.17, 15) is 4.79 Å². The molecule has 0 aliphatic heterocycles. The van der Waals surface area contributed by atoms with E-state index < -0.39 is 5.97 Å². The molecule has 2 unspecified atom stereocenters. The second-order valence-corrected chi connectivity index (χ2v) is 5.14. The molecule has 4 nitrogen and oxygen atoms in total. The van der Waals surface area contributed by atoms with Crippen molar-refractivity contribution in [3.8, 4) is 0 Å². The molecule has 0 radical (unpaired) electrons. The number of fused-ring (bicyclic) bond motifs is 1. The molecular weight excluding hydrogens is 228 g/mol. The Balaban J connectivity index is 2.11. The van der Waals surface area contributed by atoms with Gasteiger partial charge < -0.3 is 9.67 Å². The number of nitrogens with zero attached hydrogens (tertiary/aromatic N) is 2. The topological polar surface area (TPSA) is 55.1 Å². The van der Waals surface area contributed by atoms with Gasteiger partial charge in [-0.15, -0.1) is 0 Å². The van der Waals surface area contributed by atoms with E-state index in [1.165, 1.54) is 12.8 Å². The Labute approximate surface area is 105 Å². The SMILES string of the molecule is CC1CCCC1n1cnc2ccc(C(=O)O)cc21. The van der Waals surface area contributed by atoms with E-state index in [0.29, 0.717) is 17.5 Å². The number of aromatic carboxylic acids is 1. The summed E-state index contributed by atoms with van der Waals surface area (Å²) in [5.41, 5.74) is 2.14. The molecule has 1 saturated carbocycles. The van der Waals surface area contributed by atoms with Gasteiger partial charge in [0.05, 0.1) is 22.9 Å². The van der Waals surface area contributed by atoms with E-state index in [-0.39, 0.29) is 0 Å². The summed E-state index contributed by atoms with van der Waals surface area (Å²) in [6.45, 7) is 2.25. The number of hydrogen-bond acceptors (Lipinski definition) is 2. The number of carboxylic acid groups (broad SMARTS) is 1. The average molecular weight is 244 g/mol. The predicted molar refractivity (Wildman–Crippen MR) is 68.7 cm³/mol. The molecule has 2 atom stereocenters. The maximum absolute atomic E-state index is 11.0. The van der Waals surface area contributed by atoms with Gasteiger partial charge in [0.1, 0.15) is 0 Å². The summed E-state index contributed by atoms with van der Waals surface area (Å²) in [5, 5.41) is 9.06. The lowest BCUT2D eigenvalue weighted by molar-refractivity contribution is 0.0697. The van der Waals surface area contributed by atoms with Crippen molar-refractivity contribution in [2.45, 2.75) is 32.2 Å². The molecule has 3 rings (SSSR count).